The lowest BCUT2D eigenvalue weighted by Crippen LogP contribution is -1.99. The van der Waals surface area contributed by atoms with Gasteiger partial charge >= 0.3 is 0 Å². The Hall–Kier alpha value is -2.96. The first kappa shape index (κ1) is 18.8. The largest absolute Gasteiger partial charge is 0.495 e. The van der Waals surface area contributed by atoms with Crippen LogP contribution in [-0.4, -0.2) is 12.0 Å². The maximum atomic E-state index is 11.4. The van der Waals surface area contributed by atoms with Crippen LogP contribution in [0.2, 0.25) is 10.0 Å². The van der Waals surface area contributed by atoms with Gasteiger partial charge in [0.25, 0.3) is 5.69 Å². The third-order valence-corrected chi connectivity index (χ3v) is 4.19. The number of halogens is 2. The molecule has 1 N–H and O–H groups in total. The second-order valence-corrected chi connectivity index (χ2v) is 6.28. The van der Waals surface area contributed by atoms with E-state index in [2.05, 4.69) is 5.32 Å². The van der Waals surface area contributed by atoms with Crippen molar-refractivity contribution in [1.29, 1.82) is 0 Å². The molecule has 0 aliphatic heterocycles. The van der Waals surface area contributed by atoms with Crippen molar-refractivity contribution in [1.82, 2.24) is 0 Å². The average Bonchev–Trinajstić information content (AvgIpc) is 2.64. The Kier molecular flexibility index (Phi) is 5.69. The number of nitro groups is 1. The number of para-hydroxylation sites is 2. The van der Waals surface area contributed by atoms with Gasteiger partial charge in [0.2, 0.25) is 0 Å². The van der Waals surface area contributed by atoms with Gasteiger partial charge in [-0.2, -0.15) is 0 Å². The molecule has 0 aliphatic carbocycles. The van der Waals surface area contributed by atoms with Gasteiger partial charge in [-0.05, 0) is 36.4 Å². The van der Waals surface area contributed by atoms with Gasteiger partial charge in [-0.3, -0.25) is 10.1 Å². The van der Waals surface area contributed by atoms with Crippen molar-refractivity contribution in [3.05, 3.63) is 80.8 Å². The quantitative estimate of drug-likeness (QED) is 0.377. The number of ether oxygens (including phenoxy) is 2. The monoisotopic (exact) mass is 404 g/mol. The smallest absolute Gasteiger partial charge is 0.292 e. The Morgan fingerprint density at radius 1 is 0.963 bits per heavy atom. The summed E-state index contributed by atoms with van der Waals surface area (Å²) in [6.45, 7) is 0. The molecule has 0 radical (unpaired) electrons. The third-order valence-electron chi connectivity index (χ3n) is 3.66. The zero-order valence-electron chi connectivity index (χ0n) is 14.1. The predicted molar refractivity (Wildman–Crippen MR) is 106 cm³/mol. The van der Waals surface area contributed by atoms with Crippen LogP contribution in [0.5, 0.6) is 17.2 Å². The molecule has 0 aliphatic rings. The Bertz CT molecular complexity index is 995. The Morgan fingerprint density at radius 3 is 2.44 bits per heavy atom. The molecule has 8 heteroatoms. The van der Waals surface area contributed by atoms with E-state index in [-0.39, 0.29) is 11.4 Å². The standard InChI is InChI=1S/C19H14Cl2N2O4/c1-26-19-5-3-2-4-15(19)22-16-11-13(7-8-17(16)23(24)25)27-18-9-6-12(20)10-14(18)21/h2-11,22H,1H3. The molecule has 3 aromatic rings. The van der Waals surface area contributed by atoms with E-state index in [0.29, 0.717) is 33.0 Å². The van der Waals surface area contributed by atoms with Crippen LogP contribution in [0.15, 0.2) is 60.7 Å². The molecule has 0 amide bonds. The second-order valence-electron chi connectivity index (χ2n) is 5.44. The average molecular weight is 405 g/mol. The number of nitro benzene ring substituents is 1. The van der Waals surface area contributed by atoms with Crippen molar-refractivity contribution in [3.8, 4) is 17.2 Å². The number of benzene rings is 3. The second kappa shape index (κ2) is 8.16. The van der Waals surface area contributed by atoms with Crippen LogP contribution in [0, 0.1) is 10.1 Å². The number of hydrogen-bond donors (Lipinski definition) is 1. The number of nitrogens with one attached hydrogen (secondary N) is 1. The Morgan fingerprint density at radius 2 is 1.74 bits per heavy atom. The van der Waals surface area contributed by atoms with Gasteiger partial charge in [0, 0.05) is 17.2 Å². The molecule has 3 aromatic carbocycles. The van der Waals surface area contributed by atoms with Gasteiger partial charge < -0.3 is 14.8 Å². The first-order chi connectivity index (χ1) is 13.0. The maximum absolute atomic E-state index is 11.4. The normalized spacial score (nSPS) is 10.3. The zero-order chi connectivity index (χ0) is 19.4. The van der Waals surface area contributed by atoms with Crippen LogP contribution < -0.4 is 14.8 Å². The third kappa shape index (κ3) is 4.42. The minimum absolute atomic E-state index is 0.101. The molecule has 0 heterocycles. The van der Waals surface area contributed by atoms with E-state index >= 15 is 0 Å². The first-order valence-corrected chi connectivity index (χ1v) is 8.55. The van der Waals surface area contributed by atoms with Crippen LogP contribution in [0.25, 0.3) is 0 Å². The molecule has 138 valence electrons. The van der Waals surface area contributed by atoms with Crippen LogP contribution >= 0.6 is 23.2 Å². The highest BCUT2D eigenvalue weighted by molar-refractivity contribution is 6.35. The number of rotatable bonds is 6. The fourth-order valence-electron chi connectivity index (χ4n) is 2.42. The molecule has 6 nitrogen and oxygen atoms in total. The molecule has 0 spiro atoms. The van der Waals surface area contributed by atoms with Crippen LogP contribution in [0.3, 0.4) is 0 Å². The summed E-state index contributed by atoms with van der Waals surface area (Å²) < 4.78 is 11.0. The summed E-state index contributed by atoms with van der Waals surface area (Å²) >= 11 is 12.0. The summed E-state index contributed by atoms with van der Waals surface area (Å²) in [7, 11) is 1.52. The summed E-state index contributed by atoms with van der Waals surface area (Å²) in [4.78, 5) is 10.9. The summed E-state index contributed by atoms with van der Waals surface area (Å²) in [6, 6.07) is 16.3. The van der Waals surface area contributed by atoms with E-state index in [4.69, 9.17) is 32.7 Å². The molecular formula is C19H14Cl2N2O4. The number of methoxy groups -OCH3 is 1. The van der Waals surface area contributed by atoms with Crippen molar-refractivity contribution in [2.24, 2.45) is 0 Å². The lowest BCUT2D eigenvalue weighted by Gasteiger charge is -2.13. The van der Waals surface area contributed by atoms with Gasteiger partial charge in [0.15, 0.2) is 0 Å². The summed E-state index contributed by atoms with van der Waals surface area (Å²) in [5, 5.41) is 15.2. The molecule has 0 bridgehead atoms. The minimum atomic E-state index is -0.475. The van der Waals surface area contributed by atoms with Crippen molar-refractivity contribution in [2.75, 3.05) is 12.4 Å². The van der Waals surface area contributed by atoms with E-state index in [9.17, 15) is 10.1 Å². The van der Waals surface area contributed by atoms with E-state index in [1.807, 2.05) is 0 Å². The van der Waals surface area contributed by atoms with Crippen LogP contribution in [0.1, 0.15) is 0 Å². The predicted octanol–water partition coefficient (Wildman–Crippen LogP) is 6.45. The van der Waals surface area contributed by atoms with Gasteiger partial charge in [-0.1, -0.05) is 35.3 Å². The maximum Gasteiger partial charge on any atom is 0.292 e. The highest BCUT2D eigenvalue weighted by atomic mass is 35.5. The summed E-state index contributed by atoms with van der Waals surface area (Å²) in [6.07, 6.45) is 0. The summed E-state index contributed by atoms with van der Waals surface area (Å²) in [5.41, 5.74) is 0.743. The van der Waals surface area contributed by atoms with Gasteiger partial charge in [0.1, 0.15) is 22.9 Å². The minimum Gasteiger partial charge on any atom is -0.495 e. The molecule has 27 heavy (non-hydrogen) atoms. The molecule has 0 saturated heterocycles. The molecular weight excluding hydrogens is 391 g/mol. The Labute approximate surface area is 165 Å². The highest BCUT2D eigenvalue weighted by Gasteiger charge is 2.17. The number of nitrogens with zero attached hydrogens (tertiary/aromatic N) is 1. The molecule has 0 unspecified atom stereocenters. The molecule has 0 saturated carbocycles. The highest BCUT2D eigenvalue weighted by Crippen LogP contribution is 2.37. The molecule has 0 fully saturated rings. The SMILES string of the molecule is COc1ccccc1Nc1cc(Oc2ccc(Cl)cc2Cl)ccc1[N+](=O)[O-]. The van der Waals surface area contributed by atoms with Crippen LogP contribution in [-0.2, 0) is 0 Å². The van der Waals surface area contributed by atoms with E-state index in [1.54, 1.807) is 42.5 Å². The van der Waals surface area contributed by atoms with E-state index in [0.717, 1.165) is 0 Å². The number of anilines is 2. The van der Waals surface area contributed by atoms with Crippen LogP contribution in [0.4, 0.5) is 17.1 Å². The topological polar surface area (TPSA) is 73.6 Å². The fraction of sp³-hybridized carbons (Fsp3) is 0.0526. The Balaban J connectivity index is 1.96. The molecule has 0 atom stereocenters. The lowest BCUT2D eigenvalue weighted by atomic mass is 10.2. The summed E-state index contributed by atoms with van der Waals surface area (Å²) in [5.74, 6) is 1.32. The van der Waals surface area contributed by atoms with E-state index < -0.39 is 4.92 Å². The number of hydrogen-bond acceptors (Lipinski definition) is 5. The van der Waals surface area contributed by atoms with Crippen molar-refractivity contribution in [2.45, 2.75) is 0 Å². The van der Waals surface area contributed by atoms with Crippen molar-refractivity contribution < 1.29 is 14.4 Å². The zero-order valence-corrected chi connectivity index (χ0v) is 15.6. The van der Waals surface area contributed by atoms with Crippen molar-refractivity contribution in [3.63, 3.8) is 0 Å². The molecule has 3 rings (SSSR count). The van der Waals surface area contributed by atoms with Gasteiger partial charge in [0.05, 0.1) is 22.7 Å². The lowest BCUT2D eigenvalue weighted by molar-refractivity contribution is -0.383. The van der Waals surface area contributed by atoms with E-state index in [1.165, 1.54) is 25.3 Å². The van der Waals surface area contributed by atoms with Crippen molar-refractivity contribution >= 4 is 40.3 Å². The van der Waals surface area contributed by atoms with Gasteiger partial charge in [-0.15, -0.1) is 0 Å². The van der Waals surface area contributed by atoms with Gasteiger partial charge in [-0.25, -0.2) is 0 Å². The fourth-order valence-corrected chi connectivity index (χ4v) is 2.86. The molecule has 0 aromatic heterocycles. The first-order valence-electron chi connectivity index (χ1n) is 7.79.